The molecule has 0 bridgehead atoms. The zero-order valence-corrected chi connectivity index (χ0v) is 6.03. The summed E-state index contributed by atoms with van der Waals surface area (Å²) < 4.78 is 25.1. The molecule has 1 atom stereocenters. The van der Waals surface area contributed by atoms with Gasteiger partial charge in [0.2, 0.25) is 0 Å². The fraction of sp³-hybridized carbons (Fsp3) is 1.00. The first-order valence-corrected chi connectivity index (χ1v) is 4.63. The van der Waals surface area contributed by atoms with Crippen molar-refractivity contribution in [1.82, 2.24) is 4.72 Å². The van der Waals surface area contributed by atoms with E-state index in [2.05, 4.69) is 4.72 Å². The standard InChI is InChI=1S/C4H10N2O2S/c1-9(5,7)6-4-2-8-3-4/h4H,2-3H2,1H3,(H2,5,6,7). The van der Waals surface area contributed by atoms with Gasteiger partial charge < -0.3 is 4.74 Å². The molecule has 0 saturated carbocycles. The second kappa shape index (κ2) is 2.24. The molecule has 1 fully saturated rings. The lowest BCUT2D eigenvalue weighted by molar-refractivity contribution is 0.00523. The van der Waals surface area contributed by atoms with Crippen LogP contribution in [-0.2, 0) is 14.7 Å². The minimum Gasteiger partial charge on any atom is -0.378 e. The Bertz CT molecular complexity index is 183. The molecule has 0 aromatic rings. The van der Waals surface area contributed by atoms with E-state index in [1.165, 1.54) is 6.26 Å². The summed E-state index contributed by atoms with van der Waals surface area (Å²) in [5.41, 5.74) is 0. The first kappa shape index (κ1) is 6.98. The SMILES string of the molecule is CS(=N)(=O)NC1COC1. The van der Waals surface area contributed by atoms with Gasteiger partial charge in [-0.05, 0) is 0 Å². The van der Waals surface area contributed by atoms with Gasteiger partial charge in [-0.25, -0.2) is 13.7 Å². The summed E-state index contributed by atoms with van der Waals surface area (Å²) in [6.45, 7) is 1.17. The average molecular weight is 150 g/mol. The third-order valence-electron chi connectivity index (χ3n) is 1.03. The van der Waals surface area contributed by atoms with Gasteiger partial charge in [-0.2, -0.15) is 0 Å². The number of hydrogen-bond donors (Lipinski definition) is 2. The van der Waals surface area contributed by atoms with Crippen LogP contribution in [0.2, 0.25) is 0 Å². The third-order valence-corrected chi connectivity index (χ3v) is 1.81. The summed E-state index contributed by atoms with van der Waals surface area (Å²) >= 11 is 0. The summed E-state index contributed by atoms with van der Waals surface area (Å²) in [5.74, 6) is 0. The molecule has 0 aliphatic carbocycles. The molecular formula is C4H10N2O2S. The van der Waals surface area contributed by atoms with Gasteiger partial charge in [0.1, 0.15) is 9.92 Å². The van der Waals surface area contributed by atoms with E-state index in [9.17, 15) is 4.21 Å². The first-order valence-electron chi connectivity index (χ1n) is 2.67. The fourth-order valence-electron chi connectivity index (χ4n) is 0.622. The predicted molar refractivity (Wildman–Crippen MR) is 34.5 cm³/mol. The van der Waals surface area contributed by atoms with Crippen molar-refractivity contribution < 1.29 is 8.95 Å². The summed E-state index contributed by atoms with van der Waals surface area (Å²) in [5, 5.41) is 0. The van der Waals surface area contributed by atoms with Crippen LogP contribution in [0, 0.1) is 4.78 Å². The summed E-state index contributed by atoms with van der Waals surface area (Å²) in [6, 6.07) is 0.139. The molecule has 1 aliphatic heterocycles. The van der Waals surface area contributed by atoms with E-state index in [1.807, 2.05) is 0 Å². The Morgan fingerprint density at radius 3 is 2.44 bits per heavy atom. The van der Waals surface area contributed by atoms with E-state index in [0.717, 1.165) is 0 Å². The van der Waals surface area contributed by atoms with Crippen molar-refractivity contribution in [1.29, 1.82) is 4.78 Å². The Balaban J connectivity index is 2.33. The van der Waals surface area contributed by atoms with Crippen LogP contribution in [-0.4, -0.2) is 29.7 Å². The third kappa shape index (κ3) is 2.30. The highest BCUT2D eigenvalue weighted by atomic mass is 32.2. The summed E-state index contributed by atoms with van der Waals surface area (Å²) in [6.07, 6.45) is 1.37. The lowest BCUT2D eigenvalue weighted by Crippen LogP contribution is -2.47. The molecule has 2 N–H and O–H groups in total. The highest BCUT2D eigenvalue weighted by Crippen LogP contribution is 2.00. The Hall–Kier alpha value is -0.130. The van der Waals surface area contributed by atoms with Crippen LogP contribution in [0.25, 0.3) is 0 Å². The summed E-state index contributed by atoms with van der Waals surface area (Å²) in [4.78, 5) is 0. The van der Waals surface area contributed by atoms with Crippen molar-refractivity contribution in [3.63, 3.8) is 0 Å². The van der Waals surface area contributed by atoms with Crippen molar-refractivity contribution in [3.05, 3.63) is 0 Å². The molecule has 0 spiro atoms. The predicted octanol–water partition coefficient (Wildman–Crippen LogP) is -0.434. The molecule has 0 aromatic carbocycles. The highest BCUT2D eigenvalue weighted by Gasteiger charge is 2.19. The van der Waals surface area contributed by atoms with Gasteiger partial charge in [0.25, 0.3) is 0 Å². The Labute approximate surface area is 54.7 Å². The molecule has 0 aromatic heterocycles. The maximum absolute atomic E-state index is 10.7. The fourth-order valence-corrected chi connectivity index (χ4v) is 1.39. The largest absolute Gasteiger partial charge is 0.378 e. The van der Waals surface area contributed by atoms with Gasteiger partial charge in [-0.3, -0.25) is 0 Å². The molecule has 1 rings (SSSR count). The van der Waals surface area contributed by atoms with Crippen LogP contribution in [0.15, 0.2) is 0 Å². The quantitative estimate of drug-likeness (QED) is 0.561. The highest BCUT2D eigenvalue weighted by molar-refractivity contribution is 7.89. The number of nitrogens with one attached hydrogen (secondary N) is 2. The minimum atomic E-state index is -2.51. The number of rotatable bonds is 2. The van der Waals surface area contributed by atoms with E-state index in [4.69, 9.17) is 9.52 Å². The molecule has 4 nitrogen and oxygen atoms in total. The maximum atomic E-state index is 10.7. The van der Waals surface area contributed by atoms with E-state index in [0.29, 0.717) is 13.2 Å². The van der Waals surface area contributed by atoms with Gasteiger partial charge in [-0.15, -0.1) is 0 Å². The van der Waals surface area contributed by atoms with Crippen molar-refractivity contribution in [2.24, 2.45) is 0 Å². The van der Waals surface area contributed by atoms with Gasteiger partial charge in [0.15, 0.2) is 0 Å². The van der Waals surface area contributed by atoms with Gasteiger partial charge in [0.05, 0.1) is 19.3 Å². The maximum Gasteiger partial charge on any atom is 0.102 e. The number of ether oxygens (including phenoxy) is 1. The molecule has 54 valence electrons. The Kier molecular flexibility index (Phi) is 1.74. The smallest absolute Gasteiger partial charge is 0.102 e. The lowest BCUT2D eigenvalue weighted by Gasteiger charge is -2.26. The number of hydrogen-bond acceptors (Lipinski definition) is 3. The van der Waals surface area contributed by atoms with Crippen LogP contribution in [0.4, 0.5) is 0 Å². The molecule has 9 heavy (non-hydrogen) atoms. The molecule has 1 unspecified atom stereocenters. The van der Waals surface area contributed by atoms with Crippen molar-refractivity contribution in [2.75, 3.05) is 19.5 Å². The van der Waals surface area contributed by atoms with Gasteiger partial charge >= 0.3 is 0 Å². The molecule has 1 heterocycles. The van der Waals surface area contributed by atoms with Gasteiger partial charge in [-0.1, -0.05) is 0 Å². The molecule has 1 aliphatic rings. The molecule has 5 heteroatoms. The van der Waals surface area contributed by atoms with E-state index < -0.39 is 9.92 Å². The van der Waals surface area contributed by atoms with E-state index in [-0.39, 0.29) is 6.04 Å². The van der Waals surface area contributed by atoms with Crippen molar-refractivity contribution in [2.45, 2.75) is 6.04 Å². The average Bonchev–Trinajstić information content (AvgIpc) is 1.53. The Morgan fingerprint density at radius 1 is 1.78 bits per heavy atom. The second-order valence-electron chi connectivity index (χ2n) is 2.20. The molecule has 0 radical (unpaired) electrons. The van der Waals surface area contributed by atoms with Crippen LogP contribution in [0.5, 0.6) is 0 Å². The normalized spacial score (nSPS) is 26.8. The van der Waals surface area contributed by atoms with E-state index in [1.54, 1.807) is 0 Å². The molecule has 0 amide bonds. The van der Waals surface area contributed by atoms with Crippen LogP contribution >= 0.6 is 0 Å². The van der Waals surface area contributed by atoms with Crippen molar-refractivity contribution in [3.8, 4) is 0 Å². The first-order chi connectivity index (χ1) is 4.08. The zero-order valence-electron chi connectivity index (χ0n) is 5.22. The zero-order chi connectivity index (χ0) is 6.91. The summed E-state index contributed by atoms with van der Waals surface area (Å²) in [7, 11) is -2.51. The van der Waals surface area contributed by atoms with Crippen LogP contribution in [0.1, 0.15) is 0 Å². The second-order valence-corrected chi connectivity index (χ2v) is 4.12. The minimum absolute atomic E-state index is 0.139. The molecule has 1 saturated heterocycles. The van der Waals surface area contributed by atoms with Crippen LogP contribution in [0.3, 0.4) is 0 Å². The lowest BCUT2D eigenvalue weighted by atomic mass is 10.3. The molecular weight excluding hydrogens is 140 g/mol. The van der Waals surface area contributed by atoms with Crippen molar-refractivity contribution >= 4 is 9.92 Å². The van der Waals surface area contributed by atoms with Gasteiger partial charge in [0, 0.05) is 6.26 Å². The van der Waals surface area contributed by atoms with E-state index >= 15 is 0 Å². The topological polar surface area (TPSA) is 62.2 Å². The Morgan fingerprint density at radius 2 is 2.33 bits per heavy atom. The van der Waals surface area contributed by atoms with Crippen LogP contribution < -0.4 is 4.72 Å². The monoisotopic (exact) mass is 150 g/mol.